The van der Waals surface area contributed by atoms with Crippen LogP contribution in [0.4, 0.5) is 0 Å². The first-order chi connectivity index (χ1) is 10.8. The fourth-order valence-corrected chi connectivity index (χ4v) is 2.59. The van der Waals surface area contributed by atoms with E-state index in [4.69, 9.17) is 9.47 Å². The van der Waals surface area contributed by atoms with Crippen LogP contribution < -0.4 is 15.4 Å². The number of hydrogen-bond donors (Lipinski definition) is 2. The van der Waals surface area contributed by atoms with E-state index < -0.39 is 0 Å². The van der Waals surface area contributed by atoms with Gasteiger partial charge < -0.3 is 20.1 Å². The van der Waals surface area contributed by atoms with Crippen LogP contribution in [0.2, 0.25) is 0 Å². The van der Waals surface area contributed by atoms with Crippen LogP contribution in [-0.2, 0) is 4.74 Å². The van der Waals surface area contributed by atoms with Crippen LogP contribution >= 0.6 is 0 Å². The second-order valence-electron chi connectivity index (χ2n) is 5.30. The maximum Gasteiger partial charge on any atom is 0.190 e. The Morgan fingerprint density at radius 1 is 1.36 bits per heavy atom. The van der Waals surface area contributed by atoms with E-state index in [2.05, 4.69) is 27.8 Å². The molecule has 122 valence electrons. The summed E-state index contributed by atoms with van der Waals surface area (Å²) < 4.78 is 11.0. The second-order valence-corrected chi connectivity index (χ2v) is 5.30. The lowest BCUT2D eigenvalue weighted by Gasteiger charge is -2.26. The highest BCUT2D eigenvalue weighted by molar-refractivity contribution is 5.79. The second kappa shape index (κ2) is 9.30. The predicted octanol–water partition coefficient (Wildman–Crippen LogP) is 2.14. The standard InChI is InChI=1S/C17H27N3O2/c1-3-21-11-6-10-19-17(18-2)20-13-14-9-12-22-16-8-5-4-7-15(14)16/h4-5,7-8,14H,3,6,9-13H2,1-2H3,(H2,18,19,20). The molecular weight excluding hydrogens is 278 g/mol. The molecule has 5 nitrogen and oxygen atoms in total. The van der Waals surface area contributed by atoms with Crippen molar-refractivity contribution < 1.29 is 9.47 Å². The van der Waals surface area contributed by atoms with Gasteiger partial charge >= 0.3 is 0 Å². The summed E-state index contributed by atoms with van der Waals surface area (Å²) in [6.45, 7) is 6.09. The zero-order valence-corrected chi connectivity index (χ0v) is 13.6. The van der Waals surface area contributed by atoms with Gasteiger partial charge in [-0.05, 0) is 31.4 Å². The smallest absolute Gasteiger partial charge is 0.190 e. The quantitative estimate of drug-likeness (QED) is 0.460. The summed E-state index contributed by atoms with van der Waals surface area (Å²) in [5, 5.41) is 6.73. The van der Waals surface area contributed by atoms with Gasteiger partial charge in [-0.3, -0.25) is 4.99 Å². The van der Waals surface area contributed by atoms with Crippen molar-refractivity contribution in [3.05, 3.63) is 29.8 Å². The SMILES string of the molecule is CCOCCCNC(=NC)NCC1CCOc2ccccc21. The van der Waals surface area contributed by atoms with E-state index in [1.165, 1.54) is 5.56 Å². The van der Waals surface area contributed by atoms with Crippen LogP contribution in [0.25, 0.3) is 0 Å². The lowest BCUT2D eigenvalue weighted by Crippen LogP contribution is -2.40. The molecule has 0 spiro atoms. The van der Waals surface area contributed by atoms with Crippen molar-refractivity contribution in [2.75, 3.05) is 40.0 Å². The number of ether oxygens (including phenoxy) is 2. The van der Waals surface area contributed by atoms with E-state index in [1.807, 2.05) is 19.1 Å². The van der Waals surface area contributed by atoms with Crippen molar-refractivity contribution in [3.8, 4) is 5.75 Å². The van der Waals surface area contributed by atoms with Crippen LogP contribution in [0.1, 0.15) is 31.2 Å². The van der Waals surface area contributed by atoms with Crippen molar-refractivity contribution in [1.82, 2.24) is 10.6 Å². The highest BCUT2D eigenvalue weighted by Crippen LogP contribution is 2.32. The first-order valence-electron chi connectivity index (χ1n) is 8.09. The van der Waals surface area contributed by atoms with Crippen LogP contribution in [0.3, 0.4) is 0 Å². The van der Waals surface area contributed by atoms with Gasteiger partial charge in [0.15, 0.2) is 5.96 Å². The van der Waals surface area contributed by atoms with Crippen molar-refractivity contribution >= 4 is 5.96 Å². The molecule has 1 aromatic rings. The van der Waals surface area contributed by atoms with Gasteiger partial charge in [0, 0.05) is 39.3 Å². The normalized spacial score (nSPS) is 17.5. The Morgan fingerprint density at radius 2 is 2.23 bits per heavy atom. The third-order valence-electron chi connectivity index (χ3n) is 3.78. The van der Waals surface area contributed by atoms with Gasteiger partial charge in [0.1, 0.15) is 5.75 Å². The van der Waals surface area contributed by atoms with Gasteiger partial charge in [-0.1, -0.05) is 18.2 Å². The minimum atomic E-state index is 0.465. The minimum Gasteiger partial charge on any atom is -0.493 e. The maximum atomic E-state index is 5.70. The number of guanidine groups is 1. The van der Waals surface area contributed by atoms with E-state index >= 15 is 0 Å². The molecule has 0 aliphatic carbocycles. The number of para-hydroxylation sites is 1. The topological polar surface area (TPSA) is 54.9 Å². The van der Waals surface area contributed by atoms with E-state index in [0.29, 0.717) is 5.92 Å². The Hall–Kier alpha value is -1.75. The molecule has 1 unspecified atom stereocenters. The third-order valence-corrected chi connectivity index (χ3v) is 3.78. The van der Waals surface area contributed by atoms with Crippen molar-refractivity contribution in [2.45, 2.75) is 25.7 Å². The molecule has 0 fully saturated rings. The molecule has 0 saturated carbocycles. The number of hydrogen-bond acceptors (Lipinski definition) is 3. The number of aliphatic imine (C=N–C) groups is 1. The van der Waals surface area contributed by atoms with Gasteiger partial charge in [-0.25, -0.2) is 0 Å². The van der Waals surface area contributed by atoms with E-state index in [9.17, 15) is 0 Å². The Morgan fingerprint density at radius 3 is 3.05 bits per heavy atom. The summed E-state index contributed by atoms with van der Waals surface area (Å²) >= 11 is 0. The van der Waals surface area contributed by atoms with Crippen LogP contribution in [0.5, 0.6) is 5.75 Å². The number of rotatable bonds is 7. The van der Waals surface area contributed by atoms with Gasteiger partial charge in [-0.2, -0.15) is 0 Å². The van der Waals surface area contributed by atoms with Crippen molar-refractivity contribution in [3.63, 3.8) is 0 Å². The highest BCUT2D eigenvalue weighted by atomic mass is 16.5. The van der Waals surface area contributed by atoms with Crippen molar-refractivity contribution in [1.29, 1.82) is 0 Å². The number of nitrogens with zero attached hydrogens (tertiary/aromatic N) is 1. The molecule has 1 aromatic carbocycles. The van der Waals surface area contributed by atoms with E-state index in [0.717, 1.165) is 57.5 Å². The molecule has 1 aliphatic heterocycles. The number of fused-ring (bicyclic) bond motifs is 1. The molecule has 0 bridgehead atoms. The zero-order chi connectivity index (χ0) is 15.6. The molecule has 1 heterocycles. The lowest BCUT2D eigenvalue weighted by molar-refractivity contribution is 0.145. The van der Waals surface area contributed by atoms with Crippen molar-refractivity contribution in [2.24, 2.45) is 4.99 Å². The first kappa shape index (κ1) is 16.6. The minimum absolute atomic E-state index is 0.465. The van der Waals surface area contributed by atoms with Crippen LogP contribution in [0.15, 0.2) is 29.3 Å². The molecule has 0 saturated heterocycles. The molecule has 0 amide bonds. The zero-order valence-electron chi connectivity index (χ0n) is 13.6. The average molecular weight is 305 g/mol. The molecule has 2 rings (SSSR count). The number of benzene rings is 1. The molecular formula is C17H27N3O2. The fourth-order valence-electron chi connectivity index (χ4n) is 2.59. The summed E-state index contributed by atoms with van der Waals surface area (Å²) in [5.41, 5.74) is 1.29. The lowest BCUT2D eigenvalue weighted by atomic mass is 9.93. The fraction of sp³-hybridized carbons (Fsp3) is 0.588. The average Bonchev–Trinajstić information content (AvgIpc) is 2.57. The third kappa shape index (κ3) is 4.91. The Kier molecular flexibility index (Phi) is 7.03. The summed E-state index contributed by atoms with van der Waals surface area (Å²) in [6.07, 6.45) is 2.01. The van der Waals surface area contributed by atoms with Gasteiger partial charge in [-0.15, -0.1) is 0 Å². The van der Waals surface area contributed by atoms with Crippen LogP contribution in [0, 0.1) is 0 Å². The first-order valence-corrected chi connectivity index (χ1v) is 8.09. The van der Waals surface area contributed by atoms with Gasteiger partial charge in [0.25, 0.3) is 0 Å². The molecule has 0 radical (unpaired) electrons. The molecule has 1 aliphatic rings. The summed E-state index contributed by atoms with van der Waals surface area (Å²) in [4.78, 5) is 4.27. The van der Waals surface area contributed by atoms with Gasteiger partial charge in [0.05, 0.1) is 6.61 Å². The number of nitrogens with one attached hydrogen (secondary N) is 2. The maximum absolute atomic E-state index is 5.70. The van der Waals surface area contributed by atoms with Gasteiger partial charge in [0.2, 0.25) is 0 Å². The largest absolute Gasteiger partial charge is 0.493 e. The van der Waals surface area contributed by atoms with E-state index in [1.54, 1.807) is 7.05 Å². The molecule has 1 atom stereocenters. The monoisotopic (exact) mass is 305 g/mol. The molecule has 5 heteroatoms. The summed E-state index contributed by atoms with van der Waals surface area (Å²) in [6, 6.07) is 8.29. The Bertz CT molecular complexity index is 477. The molecule has 2 N–H and O–H groups in total. The highest BCUT2D eigenvalue weighted by Gasteiger charge is 2.20. The molecule has 22 heavy (non-hydrogen) atoms. The van der Waals surface area contributed by atoms with Crippen LogP contribution in [-0.4, -0.2) is 45.9 Å². The summed E-state index contributed by atoms with van der Waals surface area (Å²) in [7, 11) is 1.80. The Balaban J connectivity index is 1.77. The summed E-state index contributed by atoms with van der Waals surface area (Å²) in [5.74, 6) is 2.33. The molecule has 0 aromatic heterocycles. The Labute approximate surface area is 133 Å². The van der Waals surface area contributed by atoms with E-state index in [-0.39, 0.29) is 0 Å². The predicted molar refractivity (Wildman–Crippen MR) is 89.8 cm³/mol.